The Hall–Kier alpha value is -1.75. The molecule has 0 aliphatic carbocycles. The zero-order valence-corrected chi connectivity index (χ0v) is 15.4. The lowest BCUT2D eigenvalue weighted by atomic mass is 9.91. The Bertz CT molecular complexity index is 584. The molecule has 3 rings (SSSR count). The number of piperidine rings is 2. The van der Waals surface area contributed by atoms with E-state index in [1.54, 1.807) is 4.90 Å². The Morgan fingerprint density at radius 3 is 2.68 bits per heavy atom. The largest absolute Gasteiger partial charge is 0.394 e. The number of hydrogen-bond donors (Lipinski definition) is 2. The molecule has 5 nitrogen and oxygen atoms in total. The van der Waals surface area contributed by atoms with Crippen molar-refractivity contribution in [2.75, 3.05) is 36.5 Å². The van der Waals surface area contributed by atoms with Crippen molar-refractivity contribution in [2.24, 2.45) is 11.8 Å². The van der Waals surface area contributed by atoms with Crippen LogP contribution in [0.25, 0.3) is 0 Å². The van der Waals surface area contributed by atoms with E-state index < -0.39 is 0 Å². The van der Waals surface area contributed by atoms with Crippen molar-refractivity contribution < 1.29 is 9.90 Å². The number of nitrogens with zero attached hydrogens (tertiary/aromatic N) is 2. The molecule has 2 amide bonds. The molecule has 2 atom stereocenters. The first-order valence-electron chi connectivity index (χ1n) is 9.62. The van der Waals surface area contributed by atoms with E-state index in [-0.39, 0.29) is 18.7 Å². The van der Waals surface area contributed by atoms with Gasteiger partial charge in [0.2, 0.25) is 0 Å². The van der Waals surface area contributed by atoms with Crippen molar-refractivity contribution in [3.05, 3.63) is 24.3 Å². The molecular weight excluding hydrogens is 314 g/mol. The van der Waals surface area contributed by atoms with Gasteiger partial charge in [-0.15, -0.1) is 0 Å². The van der Waals surface area contributed by atoms with Gasteiger partial charge in [0, 0.05) is 31.0 Å². The van der Waals surface area contributed by atoms with Gasteiger partial charge in [-0.1, -0.05) is 19.9 Å². The maximum Gasteiger partial charge on any atom is 0.322 e. The Morgan fingerprint density at radius 2 is 1.96 bits per heavy atom. The highest BCUT2D eigenvalue weighted by Gasteiger charge is 2.31. The SMILES string of the molecule is CC1CCN(c2cccc(NC(=O)N3CCCC(C)C3CO)c2)CC1. The first-order valence-corrected chi connectivity index (χ1v) is 9.62. The summed E-state index contributed by atoms with van der Waals surface area (Å²) in [6.07, 6.45) is 4.51. The molecule has 0 radical (unpaired) electrons. The number of aliphatic hydroxyl groups excluding tert-OH is 1. The number of nitrogens with one attached hydrogen (secondary N) is 1. The van der Waals surface area contributed by atoms with Gasteiger partial charge in [0.15, 0.2) is 0 Å². The molecule has 0 bridgehead atoms. The van der Waals surface area contributed by atoms with Crippen LogP contribution in [0.1, 0.15) is 39.5 Å². The second-order valence-corrected chi connectivity index (χ2v) is 7.71. The number of amides is 2. The molecular formula is C20H31N3O2. The molecule has 2 saturated heterocycles. The summed E-state index contributed by atoms with van der Waals surface area (Å²) in [6.45, 7) is 7.32. The highest BCUT2D eigenvalue weighted by atomic mass is 16.3. The van der Waals surface area contributed by atoms with Crippen LogP contribution in [0.15, 0.2) is 24.3 Å². The predicted molar refractivity (Wildman–Crippen MR) is 102 cm³/mol. The number of likely N-dealkylation sites (tertiary alicyclic amines) is 1. The minimum absolute atomic E-state index is 0.0284. The molecule has 2 aliphatic rings. The molecule has 1 aromatic rings. The fourth-order valence-electron chi connectivity index (χ4n) is 4.02. The molecule has 2 aliphatic heterocycles. The molecule has 0 saturated carbocycles. The van der Waals surface area contributed by atoms with Crippen molar-refractivity contribution in [3.8, 4) is 0 Å². The van der Waals surface area contributed by atoms with Crippen molar-refractivity contribution in [1.29, 1.82) is 0 Å². The van der Waals surface area contributed by atoms with E-state index in [2.05, 4.69) is 36.2 Å². The van der Waals surface area contributed by atoms with Crippen LogP contribution in [0.3, 0.4) is 0 Å². The van der Waals surface area contributed by atoms with Gasteiger partial charge >= 0.3 is 6.03 Å². The van der Waals surface area contributed by atoms with Crippen LogP contribution in [0.4, 0.5) is 16.2 Å². The lowest BCUT2D eigenvalue weighted by Gasteiger charge is -2.39. The Labute approximate surface area is 151 Å². The number of anilines is 2. The monoisotopic (exact) mass is 345 g/mol. The van der Waals surface area contributed by atoms with Crippen LogP contribution >= 0.6 is 0 Å². The second kappa shape index (κ2) is 8.09. The minimum atomic E-state index is -0.102. The van der Waals surface area contributed by atoms with Crippen LogP contribution < -0.4 is 10.2 Å². The molecule has 25 heavy (non-hydrogen) atoms. The van der Waals surface area contributed by atoms with Crippen LogP contribution in [-0.4, -0.2) is 48.3 Å². The Balaban J connectivity index is 1.66. The van der Waals surface area contributed by atoms with Crippen LogP contribution in [0, 0.1) is 11.8 Å². The molecule has 2 unspecified atom stereocenters. The van der Waals surface area contributed by atoms with Gasteiger partial charge in [0.1, 0.15) is 0 Å². The summed E-state index contributed by atoms with van der Waals surface area (Å²) in [6, 6.07) is 7.94. The number of hydrogen-bond acceptors (Lipinski definition) is 3. The molecule has 138 valence electrons. The first kappa shape index (κ1) is 18.1. The number of urea groups is 1. The molecule has 2 fully saturated rings. The first-order chi connectivity index (χ1) is 12.1. The van der Waals surface area contributed by atoms with Crippen molar-refractivity contribution in [2.45, 2.75) is 45.6 Å². The summed E-state index contributed by atoms with van der Waals surface area (Å²) in [5, 5.41) is 12.7. The van der Waals surface area contributed by atoms with E-state index in [4.69, 9.17) is 0 Å². The van der Waals surface area contributed by atoms with Crippen molar-refractivity contribution >= 4 is 17.4 Å². The zero-order chi connectivity index (χ0) is 17.8. The quantitative estimate of drug-likeness (QED) is 0.881. The van der Waals surface area contributed by atoms with Crippen LogP contribution in [0.5, 0.6) is 0 Å². The van der Waals surface area contributed by atoms with E-state index in [1.807, 2.05) is 12.1 Å². The summed E-state index contributed by atoms with van der Waals surface area (Å²) in [5.74, 6) is 1.14. The second-order valence-electron chi connectivity index (χ2n) is 7.71. The smallest absolute Gasteiger partial charge is 0.322 e. The lowest BCUT2D eigenvalue weighted by molar-refractivity contribution is 0.0811. The minimum Gasteiger partial charge on any atom is -0.394 e. The maximum atomic E-state index is 12.7. The third kappa shape index (κ3) is 4.27. The predicted octanol–water partition coefficient (Wildman–Crippen LogP) is 3.55. The Kier molecular flexibility index (Phi) is 5.84. The fourth-order valence-corrected chi connectivity index (χ4v) is 4.02. The van der Waals surface area contributed by atoms with Gasteiger partial charge < -0.3 is 20.2 Å². The average molecular weight is 345 g/mol. The third-order valence-electron chi connectivity index (χ3n) is 5.81. The Morgan fingerprint density at radius 1 is 1.20 bits per heavy atom. The fraction of sp³-hybridized carbons (Fsp3) is 0.650. The topological polar surface area (TPSA) is 55.8 Å². The number of rotatable bonds is 3. The normalized spacial score (nSPS) is 25.1. The van der Waals surface area contributed by atoms with E-state index in [0.29, 0.717) is 12.5 Å². The van der Waals surface area contributed by atoms with E-state index >= 15 is 0 Å². The van der Waals surface area contributed by atoms with Gasteiger partial charge in [-0.2, -0.15) is 0 Å². The summed E-state index contributed by atoms with van der Waals surface area (Å²) >= 11 is 0. The van der Waals surface area contributed by atoms with E-state index in [0.717, 1.165) is 37.5 Å². The van der Waals surface area contributed by atoms with Crippen LogP contribution in [0.2, 0.25) is 0 Å². The van der Waals surface area contributed by atoms with Crippen molar-refractivity contribution in [3.63, 3.8) is 0 Å². The summed E-state index contributed by atoms with van der Waals surface area (Å²) < 4.78 is 0. The molecule has 0 aromatic heterocycles. The summed E-state index contributed by atoms with van der Waals surface area (Å²) in [7, 11) is 0. The number of carbonyl (C=O) groups is 1. The molecule has 2 N–H and O–H groups in total. The van der Waals surface area contributed by atoms with E-state index in [1.165, 1.54) is 18.5 Å². The van der Waals surface area contributed by atoms with Gasteiger partial charge in [-0.3, -0.25) is 0 Å². The molecule has 2 heterocycles. The molecule has 5 heteroatoms. The maximum absolute atomic E-state index is 12.7. The van der Waals surface area contributed by atoms with Gasteiger partial charge in [-0.25, -0.2) is 4.79 Å². The highest BCUT2D eigenvalue weighted by molar-refractivity contribution is 5.90. The zero-order valence-electron chi connectivity index (χ0n) is 15.4. The molecule has 0 spiro atoms. The summed E-state index contributed by atoms with van der Waals surface area (Å²) in [5.41, 5.74) is 2.01. The number of carbonyl (C=O) groups excluding carboxylic acids is 1. The highest BCUT2D eigenvalue weighted by Crippen LogP contribution is 2.27. The lowest BCUT2D eigenvalue weighted by Crippen LogP contribution is -2.51. The third-order valence-corrected chi connectivity index (χ3v) is 5.81. The number of benzene rings is 1. The summed E-state index contributed by atoms with van der Waals surface area (Å²) in [4.78, 5) is 16.9. The van der Waals surface area contributed by atoms with Gasteiger partial charge in [-0.05, 0) is 55.7 Å². The number of aliphatic hydroxyl groups is 1. The van der Waals surface area contributed by atoms with Crippen molar-refractivity contribution in [1.82, 2.24) is 4.90 Å². The standard InChI is InChI=1S/C20H31N3O2/c1-15-8-11-22(12-9-15)18-7-3-6-17(13-18)21-20(25)23-10-4-5-16(2)19(23)14-24/h3,6-7,13,15-16,19,24H,4-5,8-12,14H2,1-2H3,(H,21,25). The average Bonchev–Trinajstić information content (AvgIpc) is 2.62. The van der Waals surface area contributed by atoms with Gasteiger partial charge in [0.05, 0.1) is 12.6 Å². The van der Waals surface area contributed by atoms with Crippen LogP contribution in [-0.2, 0) is 0 Å². The van der Waals surface area contributed by atoms with E-state index in [9.17, 15) is 9.90 Å². The molecule has 1 aromatic carbocycles. The van der Waals surface area contributed by atoms with Gasteiger partial charge in [0.25, 0.3) is 0 Å².